The van der Waals surface area contributed by atoms with E-state index in [0.29, 0.717) is 11.1 Å². The molecule has 0 atom stereocenters. The van der Waals surface area contributed by atoms with Gasteiger partial charge in [0.15, 0.2) is 0 Å². The van der Waals surface area contributed by atoms with Gasteiger partial charge >= 0.3 is 6.18 Å². The zero-order chi connectivity index (χ0) is 13.1. The fraction of sp³-hybridized carbons (Fsp3) is 0.250. The number of rotatable bonds is 3. The predicted molar refractivity (Wildman–Crippen MR) is 61.2 cm³/mol. The van der Waals surface area contributed by atoms with Crippen molar-refractivity contribution in [2.45, 2.75) is 20.0 Å². The molecule has 1 N–H and O–H groups in total. The highest BCUT2D eigenvalue weighted by Gasteiger charge is 2.33. The highest BCUT2D eigenvalue weighted by Crippen LogP contribution is 2.30. The summed E-state index contributed by atoms with van der Waals surface area (Å²) in [7, 11) is 0. The van der Waals surface area contributed by atoms with E-state index in [2.05, 4.69) is 11.7 Å². The molecule has 0 aliphatic carbocycles. The maximum Gasteiger partial charge on any atom is 0.432 e. The van der Waals surface area contributed by atoms with E-state index in [4.69, 9.17) is 0 Å². The third-order valence-corrected chi connectivity index (χ3v) is 2.07. The standard InChI is InChI=1S/C12H13F3N2/c1-4-5-6-9(8(2)3)10-7-11(17-16-10)12(13,14)15/h4-7H,2H2,1,3H3,(H,16,17)/b5-4-,9-6+. The van der Waals surface area contributed by atoms with Gasteiger partial charge in [0.1, 0.15) is 5.69 Å². The Balaban J connectivity index is 3.14. The van der Waals surface area contributed by atoms with Crippen molar-refractivity contribution in [1.29, 1.82) is 0 Å². The second-order valence-corrected chi connectivity index (χ2v) is 3.55. The van der Waals surface area contributed by atoms with Gasteiger partial charge in [0.25, 0.3) is 0 Å². The van der Waals surface area contributed by atoms with Crippen LogP contribution in [0.4, 0.5) is 13.2 Å². The number of nitrogens with one attached hydrogen (secondary N) is 1. The minimum Gasteiger partial charge on any atom is -0.273 e. The van der Waals surface area contributed by atoms with Crippen molar-refractivity contribution < 1.29 is 13.2 Å². The molecule has 0 spiro atoms. The molecule has 0 aliphatic heterocycles. The van der Waals surface area contributed by atoms with Crippen molar-refractivity contribution in [3.63, 3.8) is 0 Å². The van der Waals surface area contributed by atoms with E-state index in [-0.39, 0.29) is 5.69 Å². The number of aromatic amines is 1. The molecule has 0 saturated heterocycles. The van der Waals surface area contributed by atoms with Crippen LogP contribution in [0.1, 0.15) is 25.2 Å². The Morgan fingerprint density at radius 2 is 2.12 bits per heavy atom. The summed E-state index contributed by atoms with van der Waals surface area (Å²) in [5.41, 5.74) is 0.612. The summed E-state index contributed by atoms with van der Waals surface area (Å²) in [4.78, 5) is 0. The topological polar surface area (TPSA) is 28.7 Å². The summed E-state index contributed by atoms with van der Waals surface area (Å²) in [5.74, 6) is 0. The molecule has 0 radical (unpaired) electrons. The van der Waals surface area contributed by atoms with Crippen molar-refractivity contribution >= 4 is 5.57 Å². The summed E-state index contributed by atoms with van der Waals surface area (Å²) >= 11 is 0. The van der Waals surface area contributed by atoms with E-state index < -0.39 is 11.9 Å². The molecule has 2 nitrogen and oxygen atoms in total. The summed E-state index contributed by atoms with van der Waals surface area (Å²) in [6.07, 6.45) is 0.775. The average molecular weight is 242 g/mol. The van der Waals surface area contributed by atoms with Crippen molar-refractivity contribution in [3.05, 3.63) is 47.8 Å². The maximum absolute atomic E-state index is 12.4. The van der Waals surface area contributed by atoms with Gasteiger partial charge in [0.2, 0.25) is 0 Å². The molecule has 1 rings (SSSR count). The number of allylic oxidation sites excluding steroid dienone is 5. The molecule has 0 aromatic carbocycles. The fourth-order valence-corrected chi connectivity index (χ4v) is 1.24. The summed E-state index contributed by atoms with van der Waals surface area (Å²) in [6.45, 7) is 7.26. The first-order chi connectivity index (χ1) is 7.86. The largest absolute Gasteiger partial charge is 0.432 e. The Morgan fingerprint density at radius 3 is 2.53 bits per heavy atom. The van der Waals surface area contributed by atoms with Crippen LogP contribution in [0.15, 0.2) is 36.4 Å². The highest BCUT2D eigenvalue weighted by molar-refractivity contribution is 5.77. The number of aromatic nitrogens is 2. The first kappa shape index (κ1) is 13.3. The van der Waals surface area contributed by atoms with Crippen LogP contribution in [0.5, 0.6) is 0 Å². The summed E-state index contributed by atoms with van der Waals surface area (Å²) < 4.78 is 37.2. The zero-order valence-corrected chi connectivity index (χ0v) is 9.60. The van der Waals surface area contributed by atoms with Gasteiger partial charge in [0, 0.05) is 5.57 Å². The fourth-order valence-electron chi connectivity index (χ4n) is 1.24. The van der Waals surface area contributed by atoms with Crippen molar-refractivity contribution in [3.8, 4) is 0 Å². The van der Waals surface area contributed by atoms with Crippen LogP contribution >= 0.6 is 0 Å². The van der Waals surface area contributed by atoms with Gasteiger partial charge in [-0.05, 0) is 25.5 Å². The van der Waals surface area contributed by atoms with Crippen molar-refractivity contribution in [2.75, 3.05) is 0 Å². The summed E-state index contributed by atoms with van der Waals surface area (Å²) in [5, 5.41) is 5.63. The van der Waals surface area contributed by atoms with Gasteiger partial charge in [-0.3, -0.25) is 5.10 Å². The average Bonchev–Trinajstić information content (AvgIpc) is 2.66. The molecule has 1 aromatic heterocycles. The molecule has 92 valence electrons. The van der Waals surface area contributed by atoms with E-state index >= 15 is 0 Å². The Hall–Kier alpha value is -1.78. The van der Waals surface area contributed by atoms with E-state index in [1.165, 1.54) is 0 Å². The first-order valence-electron chi connectivity index (χ1n) is 4.98. The van der Waals surface area contributed by atoms with E-state index in [0.717, 1.165) is 6.07 Å². The molecule has 0 saturated carbocycles. The van der Waals surface area contributed by atoms with Crippen LogP contribution in [0.3, 0.4) is 0 Å². The Kier molecular flexibility index (Phi) is 3.93. The number of H-pyrrole nitrogens is 1. The van der Waals surface area contributed by atoms with E-state index in [9.17, 15) is 13.2 Å². The maximum atomic E-state index is 12.4. The lowest BCUT2D eigenvalue weighted by atomic mass is 10.1. The molecular weight excluding hydrogens is 229 g/mol. The minimum atomic E-state index is -4.41. The van der Waals surface area contributed by atoms with Gasteiger partial charge in [-0.15, -0.1) is 0 Å². The molecule has 0 bridgehead atoms. The molecule has 0 fully saturated rings. The molecule has 17 heavy (non-hydrogen) atoms. The molecule has 1 aromatic rings. The Labute approximate surface area is 97.5 Å². The smallest absolute Gasteiger partial charge is 0.273 e. The van der Waals surface area contributed by atoms with Crippen LogP contribution in [-0.2, 0) is 6.18 Å². The van der Waals surface area contributed by atoms with Crippen molar-refractivity contribution in [2.24, 2.45) is 0 Å². The zero-order valence-electron chi connectivity index (χ0n) is 9.60. The lowest BCUT2D eigenvalue weighted by Crippen LogP contribution is -2.04. The third-order valence-electron chi connectivity index (χ3n) is 2.07. The molecule has 0 unspecified atom stereocenters. The molecule has 5 heteroatoms. The monoisotopic (exact) mass is 242 g/mol. The van der Waals surface area contributed by atoms with Crippen molar-refractivity contribution in [1.82, 2.24) is 10.2 Å². The van der Waals surface area contributed by atoms with Gasteiger partial charge in [-0.1, -0.05) is 24.8 Å². The van der Waals surface area contributed by atoms with Gasteiger partial charge in [-0.2, -0.15) is 18.3 Å². The van der Waals surface area contributed by atoms with Crippen LogP contribution < -0.4 is 0 Å². The van der Waals surface area contributed by atoms with Crippen LogP contribution in [0.25, 0.3) is 5.57 Å². The number of nitrogens with zero attached hydrogens (tertiary/aromatic N) is 1. The first-order valence-corrected chi connectivity index (χ1v) is 4.98. The second-order valence-electron chi connectivity index (χ2n) is 3.55. The van der Waals surface area contributed by atoms with Gasteiger partial charge in [0.05, 0.1) is 5.69 Å². The lowest BCUT2D eigenvalue weighted by Gasteiger charge is -2.02. The second kappa shape index (κ2) is 5.03. The third kappa shape index (κ3) is 3.34. The quantitative estimate of drug-likeness (QED) is 0.798. The predicted octanol–water partition coefficient (Wildman–Crippen LogP) is 3.96. The molecule has 0 amide bonds. The number of halogens is 3. The minimum absolute atomic E-state index is 0.239. The summed E-state index contributed by atoms with van der Waals surface area (Å²) in [6, 6.07) is 0.976. The number of hydrogen-bond donors (Lipinski definition) is 1. The highest BCUT2D eigenvalue weighted by atomic mass is 19.4. The number of hydrogen-bond acceptors (Lipinski definition) is 1. The van der Waals surface area contributed by atoms with Crippen LogP contribution in [0.2, 0.25) is 0 Å². The SMILES string of the molecule is C=C(C)/C(=C\C=C/C)c1cc(C(F)(F)F)[nH]n1. The van der Waals surface area contributed by atoms with Gasteiger partial charge in [-0.25, -0.2) is 0 Å². The van der Waals surface area contributed by atoms with Crippen LogP contribution in [-0.4, -0.2) is 10.2 Å². The lowest BCUT2D eigenvalue weighted by molar-refractivity contribution is -0.141. The van der Waals surface area contributed by atoms with Gasteiger partial charge < -0.3 is 0 Å². The molecule has 1 heterocycles. The number of alkyl halides is 3. The van der Waals surface area contributed by atoms with E-state index in [1.807, 2.05) is 12.0 Å². The Morgan fingerprint density at radius 1 is 1.47 bits per heavy atom. The molecular formula is C12H13F3N2. The van der Waals surface area contributed by atoms with E-state index in [1.54, 1.807) is 25.2 Å². The normalized spacial score (nSPS) is 13.4. The Bertz CT molecular complexity index is 464. The van der Waals surface area contributed by atoms with Crippen LogP contribution in [0, 0.1) is 0 Å². The molecule has 0 aliphatic rings.